The fourth-order valence-corrected chi connectivity index (χ4v) is 1.09. The van der Waals surface area contributed by atoms with E-state index in [4.69, 9.17) is 9.47 Å². The van der Waals surface area contributed by atoms with Gasteiger partial charge in [0.25, 0.3) is 0 Å². The molecule has 4 nitrogen and oxygen atoms in total. The zero-order chi connectivity index (χ0) is 14.2. The molecule has 0 amide bonds. The minimum atomic E-state index is -0.565. The normalized spacial score (nSPS) is 12.2. The van der Waals surface area contributed by atoms with Gasteiger partial charge in [-0.2, -0.15) is 0 Å². The molecule has 0 aromatic heterocycles. The van der Waals surface area contributed by atoms with Gasteiger partial charge in [-0.3, -0.25) is 4.79 Å². The first kappa shape index (κ1) is 16.7. The van der Waals surface area contributed by atoms with Crippen molar-refractivity contribution in [2.45, 2.75) is 47.5 Å². The van der Waals surface area contributed by atoms with E-state index in [2.05, 4.69) is 0 Å². The molecule has 0 aromatic rings. The standard InChI is InChI=1S/C14H24O4/c1-6-8-11(12(15)17-9-7-2)10-18-13(16)14(3,4)5/h8H,6-7,9-10H2,1-5H3. The molecule has 0 aliphatic carbocycles. The van der Waals surface area contributed by atoms with Crippen LogP contribution >= 0.6 is 0 Å². The maximum Gasteiger partial charge on any atom is 0.337 e. The van der Waals surface area contributed by atoms with E-state index in [0.717, 1.165) is 6.42 Å². The molecule has 0 atom stereocenters. The summed E-state index contributed by atoms with van der Waals surface area (Å²) in [5, 5.41) is 0. The largest absolute Gasteiger partial charge is 0.462 e. The molecule has 4 heteroatoms. The third-order valence-corrected chi connectivity index (χ3v) is 2.12. The SMILES string of the molecule is CCC=C(COC(=O)C(C)(C)C)C(=O)OCCC. The van der Waals surface area contributed by atoms with Crippen LogP contribution in [0.25, 0.3) is 0 Å². The number of carbonyl (C=O) groups is 2. The van der Waals surface area contributed by atoms with Gasteiger partial charge in [0.15, 0.2) is 0 Å². The van der Waals surface area contributed by atoms with E-state index in [-0.39, 0.29) is 12.6 Å². The third-order valence-electron chi connectivity index (χ3n) is 2.12. The third kappa shape index (κ3) is 6.42. The lowest BCUT2D eigenvalue weighted by Crippen LogP contribution is -2.25. The number of ether oxygens (including phenoxy) is 2. The van der Waals surface area contributed by atoms with Crippen molar-refractivity contribution in [3.8, 4) is 0 Å². The molecule has 0 heterocycles. The molecule has 0 rings (SSSR count). The van der Waals surface area contributed by atoms with Gasteiger partial charge in [-0.15, -0.1) is 0 Å². The Morgan fingerprint density at radius 2 is 1.72 bits per heavy atom. The summed E-state index contributed by atoms with van der Waals surface area (Å²) in [5.41, 5.74) is -0.159. The van der Waals surface area contributed by atoms with Crippen LogP contribution in [0.2, 0.25) is 0 Å². The van der Waals surface area contributed by atoms with Gasteiger partial charge in [0.05, 0.1) is 17.6 Å². The molecule has 0 spiro atoms. The lowest BCUT2D eigenvalue weighted by Gasteiger charge is -2.17. The molecular formula is C14H24O4. The summed E-state index contributed by atoms with van der Waals surface area (Å²) in [7, 11) is 0. The van der Waals surface area contributed by atoms with Gasteiger partial charge in [0.1, 0.15) is 6.61 Å². The zero-order valence-electron chi connectivity index (χ0n) is 12.0. The average Bonchev–Trinajstić information content (AvgIpc) is 2.29. The summed E-state index contributed by atoms with van der Waals surface area (Å²) < 4.78 is 10.1. The Hall–Kier alpha value is -1.32. The second kappa shape index (κ2) is 7.90. The predicted octanol–water partition coefficient (Wildman–Crippen LogP) is 2.87. The molecule has 0 fully saturated rings. The Balaban J connectivity index is 4.43. The molecule has 0 aromatic carbocycles. The van der Waals surface area contributed by atoms with Crippen molar-refractivity contribution in [1.29, 1.82) is 0 Å². The van der Waals surface area contributed by atoms with Gasteiger partial charge in [0, 0.05) is 0 Å². The molecule has 0 saturated carbocycles. The van der Waals surface area contributed by atoms with E-state index < -0.39 is 11.4 Å². The predicted molar refractivity (Wildman–Crippen MR) is 70.0 cm³/mol. The van der Waals surface area contributed by atoms with Crippen molar-refractivity contribution in [2.75, 3.05) is 13.2 Å². The van der Waals surface area contributed by atoms with E-state index in [1.165, 1.54) is 0 Å². The first-order valence-electron chi connectivity index (χ1n) is 6.36. The van der Waals surface area contributed by atoms with Gasteiger partial charge in [-0.25, -0.2) is 4.79 Å². The smallest absolute Gasteiger partial charge is 0.337 e. The zero-order valence-corrected chi connectivity index (χ0v) is 12.0. The van der Waals surface area contributed by atoms with E-state index in [1.807, 2.05) is 13.8 Å². The molecule has 0 radical (unpaired) electrons. The highest BCUT2D eigenvalue weighted by molar-refractivity contribution is 5.89. The van der Waals surface area contributed by atoms with Crippen LogP contribution in [-0.4, -0.2) is 25.2 Å². The lowest BCUT2D eigenvalue weighted by molar-refractivity contribution is -0.152. The molecule has 0 aliphatic rings. The van der Waals surface area contributed by atoms with E-state index in [9.17, 15) is 9.59 Å². The van der Waals surface area contributed by atoms with Crippen molar-refractivity contribution in [1.82, 2.24) is 0 Å². The lowest BCUT2D eigenvalue weighted by atomic mass is 9.97. The van der Waals surface area contributed by atoms with E-state index in [0.29, 0.717) is 18.6 Å². The summed E-state index contributed by atoms with van der Waals surface area (Å²) >= 11 is 0. The Labute approximate surface area is 109 Å². The van der Waals surface area contributed by atoms with Gasteiger partial charge >= 0.3 is 11.9 Å². The van der Waals surface area contributed by atoms with Gasteiger partial charge in [0.2, 0.25) is 0 Å². The highest BCUT2D eigenvalue weighted by Gasteiger charge is 2.24. The first-order valence-corrected chi connectivity index (χ1v) is 6.36. The Morgan fingerprint density at radius 3 is 2.17 bits per heavy atom. The second-order valence-corrected chi connectivity index (χ2v) is 5.10. The number of hydrogen-bond donors (Lipinski definition) is 0. The molecule has 0 saturated heterocycles. The van der Waals surface area contributed by atoms with Crippen molar-refractivity contribution >= 4 is 11.9 Å². The summed E-state index contributed by atoms with van der Waals surface area (Å²) in [6.07, 6.45) is 3.20. The molecule has 104 valence electrons. The Morgan fingerprint density at radius 1 is 1.11 bits per heavy atom. The van der Waals surface area contributed by atoms with Crippen LogP contribution in [0.5, 0.6) is 0 Å². The maximum absolute atomic E-state index is 11.7. The highest BCUT2D eigenvalue weighted by atomic mass is 16.5. The Kier molecular flexibility index (Phi) is 7.32. The minimum absolute atomic E-state index is 0.0213. The van der Waals surface area contributed by atoms with Crippen LogP contribution in [0.4, 0.5) is 0 Å². The van der Waals surface area contributed by atoms with Crippen molar-refractivity contribution in [3.63, 3.8) is 0 Å². The molecular weight excluding hydrogens is 232 g/mol. The second-order valence-electron chi connectivity index (χ2n) is 5.10. The molecule has 0 bridgehead atoms. The number of hydrogen-bond acceptors (Lipinski definition) is 4. The Bertz CT molecular complexity index is 310. The van der Waals surface area contributed by atoms with Crippen molar-refractivity contribution in [3.05, 3.63) is 11.6 Å². The average molecular weight is 256 g/mol. The van der Waals surface area contributed by atoms with Crippen LogP contribution < -0.4 is 0 Å². The topological polar surface area (TPSA) is 52.6 Å². The molecule has 0 N–H and O–H groups in total. The summed E-state index contributed by atoms with van der Waals surface area (Å²) in [5.74, 6) is -0.729. The fraction of sp³-hybridized carbons (Fsp3) is 0.714. The molecule has 0 aliphatic heterocycles. The number of rotatable bonds is 6. The van der Waals surface area contributed by atoms with Crippen molar-refractivity contribution < 1.29 is 19.1 Å². The van der Waals surface area contributed by atoms with E-state index in [1.54, 1.807) is 26.8 Å². The van der Waals surface area contributed by atoms with E-state index >= 15 is 0 Å². The van der Waals surface area contributed by atoms with Crippen LogP contribution in [0.15, 0.2) is 11.6 Å². The van der Waals surface area contributed by atoms with Crippen LogP contribution in [0.1, 0.15) is 47.5 Å². The van der Waals surface area contributed by atoms with Gasteiger partial charge in [-0.1, -0.05) is 19.9 Å². The van der Waals surface area contributed by atoms with Gasteiger partial charge in [-0.05, 0) is 33.6 Å². The van der Waals surface area contributed by atoms with Crippen LogP contribution in [-0.2, 0) is 19.1 Å². The minimum Gasteiger partial charge on any atom is -0.462 e. The monoisotopic (exact) mass is 256 g/mol. The van der Waals surface area contributed by atoms with Crippen LogP contribution in [0.3, 0.4) is 0 Å². The summed E-state index contributed by atoms with van der Waals surface area (Å²) in [6, 6.07) is 0. The highest BCUT2D eigenvalue weighted by Crippen LogP contribution is 2.16. The van der Waals surface area contributed by atoms with Crippen LogP contribution in [0, 0.1) is 5.41 Å². The fourth-order valence-electron chi connectivity index (χ4n) is 1.09. The molecule has 18 heavy (non-hydrogen) atoms. The summed E-state index contributed by atoms with van der Waals surface area (Å²) in [4.78, 5) is 23.3. The number of allylic oxidation sites excluding steroid dienone is 1. The summed E-state index contributed by atoms with van der Waals surface area (Å²) in [6.45, 7) is 9.52. The molecule has 0 unspecified atom stereocenters. The first-order chi connectivity index (χ1) is 8.32. The van der Waals surface area contributed by atoms with Gasteiger partial charge < -0.3 is 9.47 Å². The number of esters is 2. The number of carbonyl (C=O) groups excluding carboxylic acids is 2. The quantitative estimate of drug-likeness (QED) is 0.541. The maximum atomic E-state index is 11.7. The van der Waals surface area contributed by atoms with Crippen molar-refractivity contribution in [2.24, 2.45) is 5.41 Å².